The van der Waals surface area contributed by atoms with Crippen LogP contribution in [0.25, 0.3) is 0 Å². The van der Waals surface area contributed by atoms with Crippen LogP contribution in [0.3, 0.4) is 0 Å². The van der Waals surface area contributed by atoms with Gasteiger partial charge in [0.05, 0.1) is 12.2 Å². The first-order valence-electron chi connectivity index (χ1n) is 4.98. The Bertz CT molecular complexity index is 177. The van der Waals surface area contributed by atoms with Gasteiger partial charge >= 0.3 is 0 Å². The first-order chi connectivity index (χ1) is 6.15. The maximum Gasteiger partial charge on any atom is 0.0809 e. The van der Waals surface area contributed by atoms with E-state index in [4.69, 9.17) is 9.47 Å². The maximum absolute atomic E-state index is 5.65. The summed E-state index contributed by atoms with van der Waals surface area (Å²) in [6.45, 7) is 9.23. The van der Waals surface area contributed by atoms with Crippen LogP contribution in [0, 0.1) is 5.92 Å². The molecule has 2 heteroatoms. The minimum absolute atomic E-state index is 0.207. The lowest BCUT2D eigenvalue weighted by atomic mass is 9.90. The molecule has 3 atom stereocenters. The van der Waals surface area contributed by atoms with E-state index in [0.29, 0.717) is 5.92 Å². The van der Waals surface area contributed by atoms with E-state index in [9.17, 15) is 0 Å². The van der Waals surface area contributed by atoms with E-state index in [0.717, 1.165) is 19.4 Å². The lowest BCUT2D eigenvalue weighted by molar-refractivity contribution is -0.00204. The molecule has 0 N–H and O–H groups in total. The molecule has 0 spiro atoms. The molecule has 0 aromatic rings. The van der Waals surface area contributed by atoms with Crippen molar-refractivity contribution in [1.29, 1.82) is 0 Å². The van der Waals surface area contributed by atoms with Gasteiger partial charge in [-0.2, -0.15) is 0 Å². The van der Waals surface area contributed by atoms with Crippen molar-refractivity contribution >= 4 is 0 Å². The molecule has 1 heterocycles. The molecule has 0 bridgehead atoms. The summed E-state index contributed by atoms with van der Waals surface area (Å²) in [6, 6.07) is 0. The first kappa shape index (κ1) is 10.7. The summed E-state index contributed by atoms with van der Waals surface area (Å²) in [5, 5.41) is 0. The number of ether oxygens (including phenoxy) is 2. The molecule has 76 valence electrons. The van der Waals surface area contributed by atoms with Crippen LogP contribution in [0.4, 0.5) is 0 Å². The zero-order chi connectivity index (χ0) is 9.84. The average molecular weight is 184 g/mol. The van der Waals surface area contributed by atoms with Crippen molar-refractivity contribution in [3.63, 3.8) is 0 Å². The van der Waals surface area contributed by atoms with Gasteiger partial charge in [0.15, 0.2) is 0 Å². The Balaban J connectivity index is 2.44. The summed E-state index contributed by atoms with van der Waals surface area (Å²) in [5.41, 5.74) is 1.23. The van der Waals surface area contributed by atoms with Crippen LogP contribution >= 0.6 is 0 Å². The first-order valence-corrected chi connectivity index (χ1v) is 4.98. The molecule has 1 aliphatic rings. The van der Waals surface area contributed by atoms with Crippen LogP contribution < -0.4 is 0 Å². The van der Waals surface area contributed by atoms with E-state index in [2.05, 4.69) is 20.4 Å². The van der Waals surface area contributed by atoms with Crippen LogP contribution in [0.5, 0.6) is 0 Å². The molecule has 1 rings (SSSR count). The summed E-state index contributed by atoms with van der Waals surface area (Å²) >= 11 is 0. The second-order valence-electron chi connectivity index (χ2n) is 3.91. The molecule has 0 aromatic heterocycles. The minimum atomic E-state index is 0.207. The van der Waals surface area contributed by atoms with Crippen molar-refractivity contribution < 1.29 is 9.47 Å². The topological polar surface area (TPSA) is 18.5 Å². The molecular weight excluding hydrogens is 164 g/mol. The third-order valence-corrected chi connectivity index (χ3v) is 2.86. The van der Waals surface area contributed by atoms with Gasteiger partial charge in [0, 0.05) is 20.1 Å². The van der Waals surface area contributed by atoms with E-state index in [1.54, 1.807) is 7.11 Å². The lowest BCUT2D eigenvalue weighted by Crippen LogP contribution is -2.30. The monoisotopic (exact) mass is 184 g/mol. The molecule has 2 unspecified atom stereocenters. The molecule has 0 aliphatic carbocycles. The third kappa shape index (κ3) is 2.82. The van der Waals surface area contributed by atoms with E-state index in [1.807, 2.05) is 0 Å². The van der Waals surface area contributed by atoms with Gasteiger partial charge in [0.1, 0.15) is 0 Å². The highest BCUT2D eigenvalue weighted by Gasteiger charge is 2.24. The molecular formula is C11H20O2. The molecule has 1 fully saturated rings. The van der Waals surface area contributed by atoms with Gasteiger partial charge < -0.3 is 9.47 Å². The van der Waals surface area contributed by atoms with Gasteiger partial charge in [-0.25, -0.2) is 0 Å². The Morgan fingerprint density at radius 1 is 1.69 bits per heavy atom. The van der Waals surface area contributed by atoms with Crippen LogP contribution in [0.2, 0.25) is 0 Å². The van der Waals surface area contributed by atoms with E-state index in [-0.39, 0.29) is 12.2 Å². The fourth-order valence-corrected chi connectivity index (χ4v) is 1.61. The van der Waals surface area contributed by atoms with E-state index in [1.165, 1.54) is 5.57 Å². The Hall–Kier alpha value is -0.340. The normalized spacial score (nSPS) is 31.8. The van der Waals surface area contributed by atoms with Crippen LogP contribution in [-0.4, -0.2) is 25.9 Å². The van der Waals surface area contributed by atoms with Gasteiger partial charge in [-0.3, -0.25) is 0 Å². The molecule has 0 radical (unpaired) electrons. The fourth-order valence-electron chi connectivity index (χ4n) is 1.61. The third-order valence-electron chi connectivity index (χ3n) is 2.86. The van der Waals surface area contributed by atoms with Gasteiger partial charge in [0.2, 0.25) is 0 Å². The van der Waals surface area contributed by atoms with Crippen molar-refractivity contribution in [1.82, 2.24) is 0 Å². The standard InChI is InChI=1S/C11H20O2/c1-8-5-6-13-11(10(8)3)7-9(2)12-4/h8-9,11H,3,5-7H2,1-2,4H3/t8-,9?,11?/m1/s1. The molecule has 1 saturated heterocycles. The lowest BCUT2D eigenvalue weighted by Gasteiger charge is -2.31. The highest BCUT2D eigenvalue weighted by molar-refractivity contribution is 5.08. The fraction of sp³-hybridized carbons (Fsp3) is 0.818. The average Bonchev–Trinajstić information content (AvgIpc) is 2.13. The summed E-state index contributed by atoms with van der Waals surface area (Å²) < 4.78 is 10.9. The Labute approximate surface area is 80.9 Å². The minimum Gasteiger partial charge on any atom is -0.382 e. The Morgan fingerprint density at radius 3 is 3.00 bits per heavy atom. The second kappa shape index (κ2) is 4.77. The van der Waals surface area contributed by atoms with E-state index < -0.39 is 0 Å². The zero-order valence-electron chi connectivity index (χ0n) is 8.88. The molecule has 0 saturated carbocycles. The maximum atomic E-state index is 5.65. The van der Waals surface area contributed by atoms with Crippen molar-refractivity contribution in [3.05, 3.63) is 12.2 Å². The largest absolute Gasteiger partial charge is 0.382 e. The van der Waals surface area contributed by atoms with Crippen molar-refractivity contribution in [3.8, 4) is 0 Å². The van der Waals surface area contributed by atoms with Crippen molar-refractivity contribution in [2.24, 2.45) is 5.92 Å². The highest BCUT2D eigenvalue weighted by atomic mass is 16.5. The number of hydrogen-bond acceptors (Lipinski definition) is 2. The zero-order valence-corrected chi connectivity index (χ0v) is 8.88. The quantitative estimate of drug-likeness (QED) is 0.627. The summed E-state index contributed by atoms with van der Waals surface area (Å²) in [4.78, 5) is 0. The van der Waals surface area contributed by atoms with Gasteiger partial charge in [-0.15, -0.1) is 0 Å². The molecule has 0 aromatic carbocycles. The number of rotatable bonds is 3. The van der Waals surface area contributed by atoms with Crippen LogP contribution in [-0.2, 0) is 9.47 Å². The summed E-state index contributed by atoms with van der Waals surface area (Å²) in [6.07, 6.45) is 2.50. The predicted molar refractivity (Wildman–Crippen MR) is 53.7 cm³/mol. The second-order valence-corrected chi connectivity index (χ2v) is 3.91. The molecule has 1 aliphatic heterocycles. The smallest absolute Gasteiger partial charge is 0.0809 e. The number of hydrogen-bond donors (Lipinski definition) is 0. The van der Waals surface area contributed by atoms with Crippen molar-refractivity contribution in [2.45, 2.75) is 38.9 Å². The van der Waals surface area contributed by atoms with Gasteiger partial charge in [0.25, 0.3) is 0 Å². The number of methoxy groups -OCH3 is 1. The molecule has 2 nitrogen and oxygen atoms in total. The van der Waals surface area contributed by atoms with Crippen LogP contribution in [0.1, 0.15) is 26.7 Å². The van der Waals surface area contributed by atoms with Gasteiger partial charge in [-0.05, 0) is 24.8 Å². The summed E-state index contributed by atoms with van der Waals surface area (Å²) in [5.74, 6) is 0.600. The van der Waals surface area contributed by atoms with E-state index >= 15 is 0 Å². The van der Waals surface area contributed by atoms with Gasteiger partial charge in [-0.1, -0.05) is 13.5 Å². The SMILES string of the molecule is C=C1C(CC(C)OC)OCC[C@H]1C. The van der Waals surface area contributed by atoms with Crippen LogP contribution in [0.15, 0.2) is 12.2 Å². The molecule has 0 amide bonds. The predicted octanol–water partition coefficient (Wildman–Crippen LogP) is 2.39. The molecule has 13 heavy (non-hydrogen) atoms. The van der Waals surface area contributed by atoms with Crippen molar-refractivity contribution in [2.75, 3.05) is 13.7 Å². The Morgan fingerprint density at radius 2 is 2.38 bits per heavy atom. The Kier molecular flexibility index (Phi) is 3.94. The summed E-state index contributed by atoms with van der Waals surface area (Å²) in [7, 11) is 1.74. The highest BCUT2D eigenvalue weighted by Crippen LogP contribution is 2.27.